The highest BCUT2D eigenvalue weighted by molar-refractivity contribution is 5.90. The summed E-state index contributed by atoms with van der Waals surface area (Å²) in [5.41, 5.74) is 0.341. The Morgan fingerprint density at radius 2 is 1.76 bits per heavy atom. The van der Waals surface area contributed by atoms with Crippen molar-refractivity contribution in [2.75, 3.05) is 14.2 Å². The molecule has 0 N–H and O–H groups in total. The first-order chi connectivity index (χ1) is 7.93. The maximum Gasteiger partial charge on any atom is 0.337 e. The Morgan fingerprint density at radius 3 is 2.29 bits per heavy atom. The van der Waals surface area contributed by atoms with Gasteiger partial charge in [0.15, 0.2) is 0 Å². The van der Waals surface area contributed by atoms with Crippen LogP contribution in [-0.2, 0) is 19.7 Å². The smallest absolute Gasteiger partial charge is 0.337 e. The van der Waals surface area contributed by atoms with Crippen LogP contribution in [-0.4, -0.2) is 26.2 Å². The van der Waals surface area contributed by atoms with Crippen molar-refractivity contribution in [1.82, 2.24) is 0 Å². The number of esters is 2. The first-order valence-electron chi connectivity index (χ1n) is 5.20. The molecule has 0 unspecified atom stereocenters. The molecule has 0 atom stereocenters. The lowest BCUT2D eigenvalue weighted by atomic mass is 9.84. The molecule has 0 aromatic heterocycles. The van der Waals surface area contributed by atoms with E-state index in [1.54, 1.807) is 38.1 Å². The van der Waals surface area contributed by atoms with E-state index in [1.807, 2.05) is 0 Å². The van der Waals surface area contributed by atoms with Gasteiger partial charge in [-0.1, -0.05) is 12.1 Å². The number of hydrogen-bond donors (Lipinski definition) is 0. The monoisotopic (exact) mass is 236 g/mol. The summed E-state index contributed by atoms with van der Waals surface area (Å²) in [6.45, 7) is 3.49. The summed E-state index contributed by atoms with van der Waals surface area (Å²) in [7, 11) is 2.66. The summed E-state index contributed by atoms with van der Waals surface area (Å²) >= 11 is 0. The molecule has 0 aliphatic rings. The van der Waals surface area contributed by atoms with Gasteiger partial charge >= 0.3 is 11.9 Å². The SMILES string of the molecule is COC(=O)c1cccc(C(C)(C)C(=O)OC)c1. The number of hydrogen-bond acceptors (Lipinski definition) is 4. The Morgan fingerprint density at radius 1 is 1.12 bits per heavy atom. The fourth-order valence-electron chi connectivity index (χ4n) is 1.53. The van der Waals surface area contributed by atoms with Crippen molar-refractivity contribution in [2.24, 2.45) is 0 Å². The molecule has 0 bridgehead atoms. The number of benzene rings is 1. The molecule has 0 aliphatic heterocycles. The van der Waals surface area contributed by atoms with Crippen LogP contribution in [0.5, 0.6) is 0 Å². The van der Waals surface area contributed by atoms with Crippen molar-refractivity contribution in [3.8, 4) is 0 Å². The summed E-state index contributed by atoms with van der Waals surface area (Å²) < 4.78 is 9.38. The summed E-state index contributed by atoms with van der Waals surface area (Å²) in [6, 6.07) is 6.78. The highest BCUT2D eigenvalue weighted by Gasteiger charge is 2.31. The largest absolute Gasteiger partial charge is 0.468 e. The fraction of sp³-hybridized carbons (Fsp3) is 0.385. The van der Waals surface area contributed by atoms with Crippen molar-refractivity contribution >= 4 is 11.9 Å². The molecule has 0 aliphatic carbocycles. The number of rotatable bonds is 3. The molecule has 4 heteroatoms. The van der Waals surface area contributed by atoms with E-state index in [-0.39, 0.29) is 5.97 Å². The third-order valence-electron chi connectivity index (χ3n) is 2.70. The van der Waals surface area contributed by atoms with Crippen molar-refractivity contribution < 1.29 is 19.1 Å². The fourth-order valence-corrected chi connectivity index (χ4v) is 1.53. The molecule has 4 nitrogen and oxygen atoms in total. The van der Waals surface area contributed by atoms with Crippen LogP contribution >= 0.6 is 0 Å². The van der Waals surface area contributed by atoms with E-state index in [9.17, 15) is 9.59 Å². The Kier molecular flexibility index (Phi) is 3.89. The molecule has 0 saturated heterocycles. The first kappa shape index (κ1) is 13.2. The van der Waals surface area contributed by atoms with Crippen LogP contribution in [0.3, 0.4) is 0 Å². The Bertz CT molecular complexity index is 435. The zero-order valence-electron chi connectivity index (χ0n) is 10.4. The number of carbonyl (C=O) groups is 2. The normalized spacial score (nSPS) is 10.8. The minimum atomic E-state index is -0.793. The summed E-state index contributed by atoms with van der Waals surface area (Å²) in [5.74, 6) is -0.771. The van der Waals surface area contributed by atoms with Gasteiger partial charge in [0, 0.05) is 0 Å². The lowest BCUT2D eigenvalue weighted by Crippen LogP contribution is -2.30. The second-order valence-electron chi connectivity index (χ2n) is 4.19. The molecule has 0 spiro atoms. The standard InChI is InChI=1S/C13H16O4/c1-13(2,12(15)17-4)10-7-5-6-9(8-10)11(14)16-3/h5-8H,1-4H3. The van der Waals surface area contributed by atoms with Crippen LogP contribution in [0.1, 0.15) is 29.8 Å². The molecule has 0 heterocycles. The average Bonchev–Trinajstić information content (AvgIpc) is 2.36. The lowest BCUT2D eigenvalue weighted by Gasteiger charge is -2.22. The van der Waals surface area contributed by atoms with E-state index >= 15 is 0 Å². The second kappa shape index (κ2) is 4.99. The van der Waals surface area contributed by atoms with Gasteiger partial charge in [-0.15, -0.1) is 0 Å². The second-order valence-corrected chi connectivity index (χ2v) is 4.19. The Balaban J connectivity index is 3.15. The van der Waals surface area contributed by atoms with Crippen LogP contribution in [0.25, 0.3) is 0 Å². The van der Waals surface area contributed by atoms with E-state index < -0.39 is 11.4 Å². The van der Waals surface area contributed by atoms with E-state index in [2.05, 4.69) is 4.74 Å². The zero-order chi connectivity index (χ0) is 13.1. The van der Waals surface area contributed by atoms with Crippen LogP contribution in [0.2, 0.25) is 0 Å². The van der Waals surface area contributed by atoms with Gasteiger partial charge in [-0.3, -0.25) is 4.79 Å². The van der Waals surface area contributed by atoms with Crippen molar-refractivity contribution in [3.05, 3.63) is 35.4 Å². The van der Waals surface area contributed by atoms with Gasteiger partial charge in [0.2, 0.25) is 0 Å². The van der Waals surface area contributed by atoms with Gasteiger partial charge in [0.1, 0.15) is 0 Å². The highest BCUT2D eigenvalue weighted by Crippen LogP contribution is 2.25. The topological polar surface area (TPSA) is 52.6 Å². The van der Waals surface area contributed by atoms with Crippen molar-refractivity contribution in [3.63, 3.8) is 0 Å². The third-order valence-corrected chi connectivity index (χ3v) is 2.70. The third kappa shape index (κ3) is 2.64. The van der Waals surface area contributed by atoms with Gasteiger partial charge in [-0.05, 0) is 31.5 Å². The van der Waals surface area contributed by atoms with Crippen LogP contribution < -0.4 is 0 Å². The molecule has 1 rings (SSSR count). The first-order valence-corrected chi connectivity index (χ1v) is 5.20. The summed E-state index contributed by atoms with van der Waals surface area (Å²) in [5, 5.41) is 0. The molecular formula is C13H16O4. The predicted octanol–water partition coefficient (Wildman–Crippen LogP) is 1.92. The van der Waals surface area contributed by atoms with Gasteiger partial charge in [0.05, 0.1) is 25.2 Å². The molecule has 0 amide bonds. The van der Waals surface area contributed by atoms with Crippen LogP contribution in [0.4, 0.5) is 0 Å². The number of carbonyl (C=O) groups excluding carboxylic acids is 2. The lowest BCUT2D eigenvalue weighted by molar-refractivity contribution is -0.146. The number of methoxy groups -OCH3 is 2. The molecular weight excluding hydrogens is 220 g/mol. The molecule has 92 valence electrons. The Hall–Kier alpha value is -1.84. The van der Waals surface area contributed by atoms with Crippen molar-refractivity contribution in [2.45, 2.75) is 19.3 Å². The highest BCUT2D eigenvalue weighted by atomic mass is 16.5. The molecule has 1 aromatic carbocycles. The van der Waals surface area contributed by atoms with E-state index in [1.165, 1.54) is 14.2 Å². The quantitative estimate of drug-likeness (QED) is 0.752. The summed E-state index contributed by atoms with van der Waals surface area (Å²) in [4.78, 5) is 23.0. The maximum absolute atomic E-state index is 11.6. The molecule has 17 heavy (non-hydrogen) atoms. The van der Waals surface area contributed by atoms with Crippen LogP contribution in [0, 0.1) is 0 Å². The molecule has 1 aromatic rings. The maximum atomic E-state index is 11.6. The zero-order valence-corrected chi connectivity index (χ0v) is 10.4. The number of ether oxygens (including phenoxy) is 2. The molecule has 0 saturated carbocycles. The van der Waals surface area contributed by atoms with E-state index in [0.29, 0.717) is 11.1 Å². The molecule has 0 fully saturated rings. The minimum Gasteiger partial charge on any atom is -0.468 e. The minimum absolute atomic E-state index is 0.348. The molecule has 0 radical (unpaired) electrons. The van der Waals surface area contributed by atoms with Gasteiger partial charge < -0.3 is 9.47 Å². The van der Waals surface area contributed by atoms with Crippen LogP contribution in [0.15, 0.2) is 24.3 Å². The summed E-state index contributed by atoms with van der Waals surface area (Å²) in [6.07, 6.45) is 0. The Labute approximate surface area is 101 Å². The van der Waals surface area contributed by atoms with Gasteiger partial charge in [0.25, 0.3) is 0 Å². The predicted molar refractivity (Wildman–Crippen MR) is 62.8 cm³/mol. The van der Waals surface area contributed by atoms with Gasteiger partial charge in [-0.25, -0.2) is 4.79 Å². The van der Waals surface area contributed by atoms with Crippen molar-refractivity contribution in [1.29, 1.82) is 0 Å². The average molecular weight is 236 g/mol. The van der Waals surface area contributed by atoms with E-state index in [0.717, 1.165) is 0 Å². The van der Waals surface area contributed by atoms with E-state index in [4.69, 9.17) is 4.74 Å². The van der Waals surface area contributed by atoms with Gasteiger partial charge in [-0.2, -0.15) is 0 Å².